The number of nitrogens with one attached hydrogen (secondary N) is 2. The molecule has 1 aliphatic carbocycles. The van der Waals surface area contributed by atoms with Gasteiger partial charge in [-0.1, -0.05) is 25.3 Å². The van der Waals surface area contributed by atoms with Crippen LogP contribution in [-0.2, 0) is 4.79 Å². The van der Waals surface area contributed by atoms with Crippen molar-refractivity contribution in [1.82, 2.24) is 15.3 Å². The summed E-state index contributed by atoms with van der Waals surface area (Å²) in [4.78, 5) is 20.2. The summed E-state index contributed by atoms with van der Waals surface area (Å²) in [5, 5.41) is 3.11. The fourth-order valence-corrected chi connectivity index (χ4v) is 3.11. The van der Waals surface area contributed by atoms with Gasteiger partial charge < -0.3 is 10.3 Å². The van der Waals surface area contributed by atoms with Gasteiger partial charge in [-0.05, 0) is 44.4 Å². The quantitative estimate of drug-likeness (QED) is 0.904. The lowest BCUT2D eigenvalue weighted by Gasteiger charge is -2.22. The molecule has 1 atom stereocenters. The van der Waals surface area contributed by atoms with E-state index in [-0.39, 0.29) is 17.9 Å². The number of hydrogen-bond acceptors (Lipinski definition) is 2. The van der Waals surface area contributed by atoms with E-state index in [1.165, 1.54) is 24.8 Å². The number of aryl methyl sites for hydroxylation is 1. The molecule has 2 N–H and O–H groups in total. The smallest absolute Gasteiger partial charge is 0.223 e. The van der Waals surface area contributed by atoms with Gasteiger partial charge in [0.1, 0.15) is 5.82 Å². The summed E-state index contributed by atoms with van der Waals surface area (Å²) in [7, 11) is 0. The Morgan fingerprint density at radius 1 is 1.33 bits per heavy atom. The van der Waals surface area contributed by atoms with E-state index in [0.29, 0.717) is 0 Å². The van der Waals surface area contributed by atoms with E-state index in [1.54, 1.807) is 0 Å². The van der Waals surface area contributed by atoms with Gasteiger partial charge in [-0.3, -0.25) is 4.79 Å². The summed E-state index contributed by atoms with van der Waals surface area (Å²) < 4.78 is 0. The van der Waals surface area contributed by atoms with Crippen LogP contribution >= 0.6 is 0 Å². The topological polar surface area (TPSA) is 57.8 Å². The second-order valence-electron chi connectivity index (χ2n) is 6.21. The van der Waals surface area contributed by atoms with Crippen LogP contribution in [0.4, 0.5) is 0 Å². The molecule has 4 heteroatoms. The van der Waals surface area contributed by atoms with Gasteiger partial charge in [0.05, 0.1) is 17.1 Å². The Bertz CT molecular complexity index is 641. The fourth-order valence-electron chi connectivity index (χ4n) is 3.11. The molecule has 1 fully saturated rings. The zero-order valence-electron chi connectivity index (χ0n) is 12.8. The van der Waals surface area contributed by atoms with E-state index in [0.717, 1.165) is 29.7 Å². The number of H-pyrrole nitrogens is 1. The van der Waals surface area contributed by atoms with Gasteiger partial charge in [-0.15, -0.1) is 0 Å². The number of carbonyl (C=O) groups is 1. The minimum absolute atomic E-state index is 0.0767. The second kappa shape index (κ2) is 5.88. The Labute approximate surface area is 125 Å². The van der Waals surface area contributed by atoms with E-state index in [1.807, 2.05) is 13.0 Å². The van der Waals surface area contributed by atoms with Crippen molar-refractivity contribution < 1.29 is 4.79 Å². The van der Waals surface area contributed by atoms with E-state index in [2.05, 4.69) is 34.3 Å². The van der Waals surface area contributed by atoms with Gasteiger partial charge in [0.15, 0.2) is 0 Å². The molecule has 2 aromatic rings. The van der Waals surface area contributed by atoms with Crippen molar-refractivity contribution in [3.63, 3.8) is 0 Å². The van der Waals surface area contributed by atoms with E-state index >= 15 is 0 Å². The van der Waals surface area contributed by atoms with Crippen LogP contribution < -0.4 is 5.32 Å². The molecule has 112 valence electrons. The highest BCUT2D eigenvalue weighted by Gasteiger charge is 2.23. The molecule has 1 unspecified atom stereocenters. The summed E-state index contributed by atoms with van der Waals surface area (Å²) in [6.45, 7) is 4.06. The normalized spacial score (nSPS) is 17.8. The summed E-state index contributed by atoms with van der Waals surface area (Å²) in [6.07, 6.45) is 5.67. The van der Waals surface area contributed by atoms with Gasteiger partial charge >= 0.3 is 0 Å². The molecule has 21 heavy (non-hydrogen) atoms. The molecule has 4 nitrogen and oxygen atoms in total. The monoisotopic (exact) mass is 285 g/mol. The third-order valence-corrected chi connectivity index (χ3v) is 4.40. The zero-order valence-corrected chi connectivity index (χ0v) is 12.8. The van der Waals surface area contributed by atoms with Crippen LogP contribution in [0, 0.1) is 12.8 Å². The lowest BCUT2D eigenvalue weighted by molar-refractivity contribution is -0.126. The number of nitrogens with zero attached hydrogens (tertiary/aromatic N) is 1. The number of aromatic nitrogens is 2. The third-order valence-electron chi connectivity index (χ3n) is 4.40. The number of hydrogen-bond donors (Lipinski definition) is 2. The maximum absolute atomic E-state index is 12.3. The average molecular weight is 285 g/mol. The molecule has 0 aliphatic heterocycles. The lowest BCUT2D eigenvalue weighted by Crippen LogP contribution is -2.34. The number of rotatable bonds is 3. The molecule has 0 saturated heterocycles. The summed E-state index contributed by atoms with van der Waals surface area (Å²) in [5.74, 6) is 1.20. The molecule has 1 aromatic carbocycles. The molecule has 0 spiro atoms. The molecule has 1 aliphatic rings. The van der Waals surface area contributed by atoms with Crippen LogP contribution in [0.1, 0.15) is 56.5 Å². The molecule has 1 saturated carbocycles. The Balaban J connectivity index is 1.71. The maximum atomic E-state index is 12.3. The van der Waals surface area contributed by atoms with Crippen LogP contribution in [0.3, 0.4) is 0 Å². The highest BCUT2D eigenvalue weighted by atomic mass is 16.1. The van der Waals surface area contributed by atoms with Crippen molar-refractivity contribution in [3.8, 4) is 0 Å². The Hall–Kier alpha value is -1.84. The van der Waals surface area contributed by atoms with Crippen molar-refractivity contribution in [2.75, 3.05) is 0 Å². The molecule has 0 radical (unpaired) electrons. The number of carbonyl (C=O) groups excluding carboxylic acids is 1. The van der Waals surface area contributed by atoms with E-state index in [4.69, 9.17) is 0 Å². The van der Waals surface area contributed by atoms with Gasteiger partial charge in [-0.2, -0.15) is 0 Å². The molecule has 1 aromatic heterocycles. The Morgan fingerprint density at radius 2 is 2.10 bits per heavy atom. The average Bonchev–Trinajstić information content (AvgIpc) is 2.91. The van der Waals surface area contributed by atoms with Gasteiger partial charge in [0.25, 0.3) is 0 Å². The highest BCUT2D eigenvalue weighted by molar-refractivity contribution is 5.79. The van der Waals surface area contributed by atoms with Crippen molar-refractivity contribution in [2.24, 2.45) is 5.92 Å². The molecule has 0 bridgehead atoms. The number of aromatic amines is 1. The van der Waals surface area contributed by atoms with Crippen molar-refractivity contribution in [3.05, 3.63) is 29.6 Å². The molecule has 1 heterocycles. The first-order chi connectivity index (χ1) is 10.1. The van der Waals surface area contributed by atoms with Crippen molar-refractivity contribution in [1.29, 1.82) is 0 Å². The molecule has 3 rings (SSSR count). The minimum Gasteiger partial charge on any atom is -0.346 e. The predicted octanol–water partition coefficient (Wildman–Crippen LogP) is 3.63. The summed E-state index contributed by atoms with van der Waals surface area (Å²) in [6, 6.07) is 6.08. The summed E-state index contributed by atoms with van der Waals surface area (Å²) >= 11 is 0. The number of imidazole rings is 1. The van der Waals surface area contributed by atoms with E-state index in [9.17, 15) is 4.79 Å². The fraction of sp³-hybridized carbons (Fsp3) is 0.529. The lowest BCUT2D eigenvalue weighted by atomic mass is 9.88. The van der Waals surface area contributed by atoms with E-state index < -0.39 is 0 Å². The second-order valence-corrected chi connectivity index (χ2v) is 6.21. The first-order valence-electron chi connectivity index (χ1n) is 7.90. The van der Waals surface area contributed by atoms with Crippen LogP contribution in [0.2, 0.25) is 0 Å². The predicted molar refractivity (Wildman–Crippen MR) is 84.0 cm³/mol. The van der Waals surface area contributed by atoms with Gasteiger partial charge in [-0.25, -0.2) is 4.98 Å². The number of amides is 1. The largest absolute Gasteiger partial charge is 0.346 e. The van der Waals surface area contributed by atoms with Crippen LogP contribution in [0.5, 0.6) is 0 Å². The minimum atomic E-state index is -0.0767. The highest BCUT2D eigenvalue weighted by Crippen LogP contribution is 2.25. The van der Waals surface area contributed by atoms with Crippen molar-refractivity contribution in [2.45, 2.75) is 52.0 Å². The third kappa shape index (κ3) is 3.09. The standard InChI is InChI=1S/C17H23N3O/c1-11-8-9-14-15(10-11)20-16(19-14)12(2)18-17(21)13-6-4-3-5-7-13/h8-10,12-13H,3-7H2,1-2H3,(H,18,21)(H,19,20). The maximum Gasteiger partial charge on any atom is 0.223 e. The number of benzene rings is 1. The van der Waals surface area contributed by atoms with Crippen LogP contribution in [0.15, 0.2) is 18.2 Å². The molecular formula is C17H23N3O. The SMILES string of the molecule is Cc1ccc2nc(C(C)NC(=O)C3CCCCC3)[nH]c2c1. The Morgan fingerprint density at radius 3 is 2.86 bits per heavy atom. The first-order valence-corrected chi connectivity index (χ1v) is 7.90. The van der Waals surface area contributed by atoms with Gasteiger partial charge in [0.2, 0.25) is 5.91 Å². The van der Waals surface area contributed by atoms with Crippen molar-refractivity contribution >= 4 is 16.9 Å². The zero-order chi connectivity index (χ0) is 14.8. The molecular weight excluding hydrogens is 262 g/mol. The Kier molecular flexibility index (Phi) is 3.95. The van der Waals surface area contributed by atoms with Crippen LogP contribution in [-0.4, -0.2) is 15.9 Å². The van der Waals surface area contributed by atoms with Crippen LogP contribution in [0.25, 0.3) is 11.0 Å². The first kappa shape index (κ1) is 14.1. The molecule has 1 amide bonds. The summed E-state index contributed by atoms with van der Waals surface area (Å²) in [5.41, 5.74) is 3.19. The van der Waals surface area contributed by atoms with Gasteiger partial charge in [0, 0.05) is 5.92 Å². The number of fused-ring (bicyclic) bond motifs is 1.